The number of hydrogen-bond donors (Lipinski definition) is 2. The fraction of sp³-hybridized carbons (Fsp3) is 0.727. The van der Waals surface area contributed by atoms with Crippen molar-refractivity contribution in [1.82, 2.24) is 0 Å². The third kappa shape index (κ3) is 12.9. The standard InChI is InChI=1S/C22H40N2O/c1-2-3-4-5-6-7-8-9-10-11-12-13-14-15-20-16-18-21(19-17-20)25-22(23)24/h16-19,22H,2-15,23-24H2,1H3. The minimum Gasteiger partial charge on any atom is -0.463 e. The fourth-order valence-corrected chi connectivity index (χ4v) is 3.24. The number of rotatable bonds is 16. The number of unbranched alkanes of at least 4 members (excludes halogenated alkanes) is 12. The number of benzene rings is 1. The van der Waals surface area contributed by atoms with Gasteiger partial charge in [-0.15, -0.1) is 0 Å². The van der Waals surface area contributed by atoms with Crippen LogP contribution in [-0.4, -0.2) is 6.35 Å². The predicted molar refractivity (Wildman–Crippen MR) is 109 cm³/mol. The van der Waals surface area contributed by atoms with Crippen molar-refractivity contribution in [3.05, 3.63) is 29.8 Å². The Morgan fingerprint density at radius 2 is 1.12 bits per heavy atom. The molecule has 0 radical (unpaired) electrons. The second-order valence-corrected chi connectivity index (χ2v) is 7.22. The molecule has 144 valence electrons. The van der Waals surface area contributed by atoms with Gasteiger partial charge in [-0.1, -0.05) is 96.1 Å². The van der Waals surface area contributed by atoms with Crippen molar-refractivity contribution in [2.45, 2.75) is 103 Å². The zero-order valence-corrected chi connectivity index (χ0v) is 16.3. The summed E-state index contributed by atoms with van der Waals surface area (Å²) >= 11 is 0. The lowest BCUT2D eigenvalue weighted by Crippen LogP contribution is -2.36. The van der Waals surface area contributed by atoms with Crippen LogP contribution in [0.5, 0.6) is 5.75 Å². The lowest BCUT2D eigenvalue weighted by molar-refractivity contribution is 0.217. The molecular formula is C22H40N2O. The molecule has 1 aromatic carbocycles. The van der Waals surface area contributed by atoms with Gasteiger partial charge in [0.1, 0.15) is 5.75 Å². The molecular weight excluding hydrogens is 308 g/mol. The SMILES string of the molecule is CCCCCCCCCCCCCCCc1ccc(OC(N)N)cc1. The van der Waals surface area contributed by atoms with Crippen molar-refractivity contribution >= 4 is 0 Å². The first-order chi connectivity index (χ1) is 12.2. The van der Waals surface area contributed by atoms with Gasteiger partial charge in [0.15, 0.2) is 0 Å². The molecule has 25 heavy (non-hydrogen) atoms. The highest BCUT2D eigenvalue weighted by Gasteiger charge is 1.99. The predicted octanol–water partition coefficient (Wildman–Crippen LogP) is 5.90. The minimum atomic E-state index is -0.744. The van der Waals surface area contributed by atoms with Crippen LogP contribution in [0.1, 0.15) is 96.0 Å². The minimum absolute atomic E-state index is 0.740. The molecule has 0 atom stereocenters. The highest BCUT2D eigenvalue weighted by molar-refractivity contribution is 5.27. The van der Waals surface area contributed by atoms with Gasteiger partial charge in [-0.25, -0.2) is 0 Å². The van der Waals surface area contributed by atoms with E-state index in [4.69, 9.17) is 16.2 Å². The fourth-order valence-electron chi connectivity index (χ4n) is 3.24. The summed E-state index contributed by atoms with van der Waals surface area (Å²) < 4.78 is 5.25. The van der Waals surface area contributed by atoms with E-state index in [9.17, 15) is 0 Å². The highest BCUT2D eigenvalue weighted by atomic mass is 16.5. The quantitative estimate of drug-likeness (QED) is 0.289. The molecule has 1 rings (SSSR count). The summed E-state index contributed by atoms with van der Waals surface area (Å²) in [5, 5.41) is 0. The first kappa shape index (κ1) is 22.0. The molecule has 0 heterocycles. The van der Waals surface area contributed by atoms with Crippen LogP contribution in [0.2, 0.25) is 0 Å². The van der Waals surface area contributed by atoms with E-state index in [1.165, 1.54) is 89.0 Å². The third-order valence-corrected chi connectivity index (χ3v) is 4.76. The summed E-state index contributed by atoms with van der Waals surface area (Å²) in [4.78, 5) is 0. The summed E-state index contributed by atoms with van der Waals surface area (Å²) in [5.74, 6) is 0.740. The van der Waals surface area contributed by atoms with Gasteiger partial charge in [-0.05, 0) is 30.5 Å². The molecule has 0 aliphatic carbocycles. The molecule has 0 fully saturated rings. The Balaban J connectivity index is 1.88. The Morgan fingerprint density at radius 3 is 1.56 bits per heavy atom. The molecule has 1 aromatic rings. The van der Waals surface area contributed by atoms with E-state index in [1.807, 2.05) is 12.1 Å². The Bertz CT molecular complexity index is 403. The molecule has 0 saturated heterocycles. The lowest BCUT2D eigenvalue weighted by atomic mass is 10.0. The van der Waals surface area contributed by atoms with Crippen molar-refractivity contribution in [1.29, 1.82) is 0 Å². The first-order valence-electron chi connectivity index (χ1n) is 10.5. The number of ether oxygens (including phenoxy) is 1. The summed E-state index contributed by atoms with van der Waals surface area (Å²) in [6.45, 7) is 2.28. The van der Waals surface area contributed by atoms with E-state index in [2.05, 4.69) is 19.1 Å². The molecule has 0 aliphatic rings. The van der Waals surface area contributed by atoms with Gasteiger partial charge in [-0.3, -0.25) is 11.5 Å². The van der Waals surface area contributed by atoms with Gasteiger partial charge in [0.25, 0.3) is 0 Å². The van der Waals surface area contributed by atoms with Crippen LogP contribution >= 0.6 is 0 Å². The molecule has 0 unspecified atom stereocenters. The van der Waals surface area contributed by atoms with E-state index in [0.29, 0.717) is 0 Å². The Morgan fingerprint density at radius 1 is 0.680 bits per heavy atom. The summed E-state index contributed by atoms with van der Waals surface area (Å²) in [6.07, 6.45) is 18.6. The van der Waals surface area contributed by atoms with Crippen molar-refractivity contribution in [2.75, 3.05) is 0 Å². The maximum absolute atomic E-state index is 5.41. The van der Waals surface area contributed by atoms with Crippen LogP contribution in [0.25, 0.3) is 0 Å². The molecule has 0 amide bonds. The van der Waals surface area contributed by atoms with E-state index < -0.39 is 6.35 Å². The zero-order chi connectivity index (χ0) is 18.2. The number of nitrogens with two attached hydrogens (primary N) is 2. The summed E-state index contributed by atoms with van der Waals surface area (Å²) in [5.41, 5.74) is 12.2. The molecule has 4 N–H and O–H groups in total. The molecule has 0 aliphatic heterocycles. The smallest absolute Gasteiger partial charge is 0.201 e. The summed E-state index contributed by atoms with van der Waals surface area (Å²) in [6, 6.07) is 8.12. The van der Waals surface area contributed by atoms with Gasteiger partial charge in [-0.2, -0.15) is 0 Å². The zero-order valence-electron chi connectivity index (χ0n) is 16.3. The monoisotopic (exact) mass is 348 g/mol. The molecule has 3 nitrogen and oxygen atoms in total. The molecule has 0 saturated carbocycles. The van der Waals surface area contributed by atoms with Gasteiger partial charge >= 0.3 is 0 Å². The van der Waals surface area contributed by atoms with Gasteiger partial charge in [0.05, 0.1) is 0 Å². The average Bonchev–Trinajstić information content (AvgIpc) is 2.60. The third-order valence-electron chi connectivity index (χ3n) is 4.76. The van der Waals surface area contributed by atoms with Crippen LogP contribution in [0.15, 0.2) is 24.3 Å². The maximum Gasteiger partial charge on any atom is 0.201 e. The Kier molecular flexibility index (Phi) is 13.4. The molecule has 0 aromatic heterocycles. The molecule has 0 spiro atoms. The van der Waals surface area contributed by atoms with Crippen LogP contribution in [-0.2, 0) is 6.42 Å². The van der Waals surface area contributed by atoms with Crippen LogP contribution in [0, 0.1) is 0 Å². The van der Waals surface area contributed by atoms with E-state index in [0.717, 1.165) is 12.2 Å². The Hall–Kier alpha value is -1.06. The van der Waals surface area contributed by atoms with Gasteiger partial charge < -0.3 is 4.74 Å². The van der Waals surface area contributed by atoms with E-state index in [-0.39, 0.29) is 0 Å². The van der Waals surface area contributed by atoms with Crippen LogP contribution in [0.3, 0.4) is 0 Å². The first-order valence-corrected chi connectivity index (χ1v) is 10.5. The molecule has 0 bridgehead atoms. The normalized spacial score (nSPS) is 11.2. The van der Waals surface area contributed by atoms with Crippen LogP contribution < -0.4 is 16.2 Å². The largest absolute Gasteiger partial charge is 0.463 e. The second-order valence-electron chi connectivity index (χ2n) is 7.22. The second kappa shape index (κ2) is 15.2. The number of aryl methyl sites for hydroxylation is 1. The van der Waals surface area contributed by atoms with Crippen LogP contribution in [0.4, 0.5) is 0 Å². The van der Waals surface area contributed by atoms with Crippen molar-refractivity contribution in [2.24, 2.45) is 11.5 Å². The van der Waals surface area contributed by atoms with E-state index in [1.54, 1.807) is 0 Å². The van der Waals surface area contributed by atoms with Crippen molar-refractivity contribution in [3.63, 3.8) is 0 Å². The lowest BCUT2D eigenvalue weighted by Gasteiger charge is -2.09. The maximum atomic E-state index is 5.41. The number of hydrogen-bond acceptors (Lipinski definition) is 3. The van der Waals surface area contributed by atoms with Gasteiger partial charge in [0, 0.05) is 0 Å². The topological polar surface area (TPSA) is 61.3 Å². The average molecular weight is 349 g/mol. The Labute approximate surface area is 155 Å². The summed E-state index contributed by atoms with van der Waals surface area (Å²) in [7, 11) is 0. The highest BCUT2D eigenvalue weighted by Crippen LogP contribution is 2.16. The molecule has 3 heteroatoms. The van der Waals surface area contributed by atoms with E-state index >= 15 is 0 Å². The van der Waals surface area contributed by atoms with Crippen molar-refractivity contribution < 1.29 is 4.74 Å². The van der Waals surface area contributed by atoms with Gasteiger partial charge in [0.2, 0.25) is 6.35 Å². The van der Waals surface area contributed by atoms with Crippen molar-refractivity contribution in [3.8, 4) is 5.75 Å².